The number of aromatic nitrogens is 2. The SMILES string of the molecule is Brc1ccc(-c2cccnn2)cc1N1CCC1. The van der Waals surface area contributed by atoms with Gasteiger partial charge >= 0.3 is 0 Å². The Morgan fingerprint density at radius 3 is 2.71 bits per heavy atom. The molecular weight excluding hydrogens is 278 g/mol. The summed E-state index contributed by atoms with van der Waals surface area (Å²) in [5, 5.41) is 8.06. The molecule has 17 heavy (non-hydrogen) atoms. The smallest absolute Gasteiger partial charge is 0.0930 e. The van der Waals surface area contributed by atoms with Gasteiger partial charge in [-0.2, -0.15) is 10.2 Å². The normalized spacial score (nSPS) is 14.5. The zero-order chi connectivity index (χ0) is 11.7. The van der Waals surface area contributed by atoms with Crippen molar-refractivity contribution in [2.24, 2.45) is 0 Å². The Morgan fingerprint density at radius 1 is 1.18 bits per heavy atom. The number of benzene rings is 1. The van der Waals surface area contributed by atoms with E-state index in [0.29, 0.717) is 0 Å². The number of anilines is 1. The van der Waals surface area contributed by atoms with Crippen molar-refractivity contribution in [1.29, 1.82) is 0 Å². The van der Waals surface area contributed by atoms with E-state index in [1.807, 2.05) is 12.1 Å². The first-order valence-electron chi connectivity index (χ1n) is 5.67. The molecule has 1 aliphatic rings. The van der Waals surface area contributed by atoms with Crippen molar-refractivity contribution in [3.63, 3.8) is 0 Å². The van der Waals surface area contributed by atoms with Gasteiger partial charge in [0.1, 0.15) is 0 Å². The van der Waals surface area contributed by atoms with Gasteiger partial charge in [0.2, 0.25) is 0 Å². The zero-order valence-corrected chi connectivity index (χ0v) is 10.9. The lowest BCUT2D eigenvalue weighted by Gasteiger charge is -2.34. The molecule has 1 aromatic carbocycles. The second-order valence-electron chi connectivity index (χ2n) is 4.12. The summed E-state index contributed by atoms with van der Waals surface area (Å²) in [5.74, 6) is 0. The molecule has 3 nitrogen and oxygen atoms in total. The summed E-state index contributed by atoms with van der Waals surface area (Å²) < 4.78 is 1.14. The van der Waals surface area contributed by atoms with Gasteiger partial charge in [0.15, 0.2) is 0 Å². The molecule has 0 N–H and O–H groups in total. The topological polar surface area (TPSA) is 29.0 Å². The predicted octanol–water partition coefficient (Wildman–Crippen LogP) is 3.12. The molecule has 0 aliphatic carbocycles. The molecule has 0 unspecified atom stereocenters. The standard InChI is InChI=1S/C13H12BrN3/c14-11-5-4-10(12-3-1-6-15-16-12)9-13(11)17-7-2-8-17/h1,3-6,9H,2,7-8H2. The van der Waals surface area contributed by atoms with Gasteiger partial charge in [0.25, 0.3) is 0 Å². The number of hydrogen-bond donors (Lipinski definition) is 0. The first kappa shape index (κ1) is 10.7. The average molecular weight is 290 g/mol. The largest absolute Gasteiger partial charge is 0.370 e. The van der Waals surface area contributed by atoms with Crippen LogP contribution in [0.3, 0.4) is 0 Å². The summed E-state index contributed by atoms with van der Waals surface area (Å²) in [5.41, 5.74) is 3.28. The molecule has 1 fully saturated rings. The Labute approximate surface area is 109 Å². The molecule has 0 spiro atoms. The molecule has 1 saturated heterocycles. The summed E-state index contributed by atoms with van der Waals surface area (Å²) in [6.45, 7) is 2.28. The highest BCUT2D eigenvalue weighted by Gasteiger charge is 2.17. The predicted molar refractivity (Wildman–Crippen MR) is 72.0 cm³/mol. The minimum Gasteiger partial charge on any atom is -0.370 e. The van der Waals surface area contributed by atoms with E-state index in [-0.39, 0.29) is 0 Å². The highest BCUT2D eigenvalue weighted by Crippen LogP contribution is 2.33. The van der Waals surface area contributed by atoms with Gasteiger partial charge in [-0.25, -0.2) is 0 Å². The molecule has 1 aliphatic heterocycles. The number of rotatable bonds is 2. The van der Waals surface area contributed by atoms with E-state index in [2.05, 4.69) is 49.2 Å². The molecule has 0 radical (unpaired) electrons. The van der Waals surface area contributed by atoms with Gasteiger partial charge in [0, 0.05) is 29.3 Å². The maximum atomic E-state index is 4.14. The number of halogens is 1. The Morgan fingerprint density at radius 2 is 2.06 bits per heavy atom. The van der Waals surface area contributed by atoms with Crippen LogP contribution in [0.15, 0.2) is 41.0 Å². The molecule has 2 heterocycles. The molecule has 2 aromatic rings. The lowest BCUT2D eigenvalue weighted by Crippen LogP contribution is -2.37. The van der Waals surface area contributed by atoms with Crippen molar-refractivity contribution < 1.29 is 0 Å². The number of nitrogens with zero attached hydrogens (tertiary/aromatic N) is 3. The second kappa shape index (κ2) is 4.45. The van der Waals surface area contributed by atoms with Crippen LogP contribution in [-0.4, -0.2) is 23.3 Å². The Balaban J connectivity index is 2.01. The first-order chi connectivity index (χ1) is 8.34. The van der Waals surface area contributed by atoms with E-state index in [4.69, 9.17) is 0 Å². The summed E-state index contributed by atoms with van der Waals surface area (Å²) >= 11 is 3.60. The quantitative estimate of drug-likeness (QED) is 0.851. The molecule has 3 rings (SSSR count). The van der Waals surface area contributed by atoms with Gasteiger partial charge in [-0.05, 0) is 46.6 Å². The van der Waals surface area contributed by atoms with Crippen molar-refractivity contribution in [3.8, 4) is 11.3 Å². The molecular formula is C13H12BrN3. The minimum absolute atomic E-state index is 0.918. The van der Waals surface area contributed by atoms with Crippen LogP contribution in [0.4, 0.5) is 5.69 Å². The van der Waals surface area contributed by atoms with Crippen LogP contribution in [0.2, 0.25) is 0 Å². The third kappa shape index (κ3) is 2.05. The molecule has 0 amide bonds. The summed E-state index contributed by atoms with van der Waals surface area (Å²) in [6, 6.07) is 10.2. The van der Waals surface area contributed by atoms with Crippen molar-refractivity contribution in [2.75, 3.05) is 18.0 Å². The second-order valence-corrected chi connectivity index (χ2v) is 4.97. The Kier molecular flexibility index (Phi) is 2.81. The fraction of sp³-hybridized carbons (Fsp3) is 0.231. The zero-order valence-electron chi connectivity index (χ0n) is 9.31. The maximum absolute atomic E-state index is 4.14. The highest BCUT2D eigenvalue weighted by atomic mass is 79.9. The number of hydrogen-bond acceptors (Lipinski definition) is 3. The van der Waals surface area contributed by atoms with Crippen molar-refractivity contribution >= 4 is 21.6 Å². The highest BCUT2D eigenvalue weighted by molar-refractivity contribution is 9.10. The van der Waals surface area contributed by atoms with Crippen LogP contribution in [0.25, 0.3) is 11.3 Å². The molecule has 86 valence electrons. The lowest BCUT2D eigenvalue weighted by atomic mass is 10.1. The van der Waals surface area contributed by atoms with Crippen LogP contribution >= 0.6 is 15.9 Å². The van der Waals surface area contributed by atoms with E-state index in [9.17, 15) is 0 Å². The van der Waals surface area contributed by atoms with Crippen LogP contribution < -0.4 is 4.90 Å². The van der Waals surface area contributed by atoms with Gasteiger partial charge in [0.05, 0.1) is 11.4 Å². The van der Waals surface area contributed by atoms with E-state index in [1.54, 1.807) is 6.20 Å². The summed E-state index contributed by atoms with van der Waals surface area (Å²) in [4.78, 5) is 2.37. The molecule has 0 atom stereocenters. The Hall–Kier alpha value is -1.42. The van der Waals surface area contributed by atoms with E-state index < -0.39 is 0 Å². The average Bonchev–Trinajstić information content (AvgIpc) is 2.31. The van der Waals surface area contributed by atoms with Gasteiger partial charge in [-0.3, -0.25) is 0 Å². The Bertz CT molecular complexity index is 523. The van der Waals surface area contributed by atoms with Crippen LogP contribution in [0.1, 0.15) is 6.42 Å². The maximum Gasteiger partial charge on any atom is 0.0930 e. The third-order valence-corrected chi connectivity index (χ3v) is 3.68. The van der Waals surface area contributed by atoms with Crippen molar-refractivity contribution in [3.05, 3.63) is 41.0 Å². The minimum atomic E-state index is 0.918. The van der Waals surface area contributed by atoms with Crippen molar-refractivity contribution in [1.82, 2.24) is 10.2 Å². The van der Waals surface area contributed by atoms with Crippen LogP contribution in [0, 0.1) is 0 Å². The van der Waals surface area contributed by atoms with E-state index in [0.717, 1.165) is 28.8 Å². The van der Waals surface area contributed by atoms with Gasteiger partial charge < -0.3 is 4.90 Å². The summed E-state index contributed by atoms with van der Waals surface area (Å²) in [7, 11) is 0. The third-order valence-electron chi connectivity index (χ3n) is 3.01. The molecule has 4 heteroatoms. The summed E-state index contributed by atoms with van der Waals surface area (Å²) in [6.07, 6.45) is 2.97. The van der Waals surface area contributed by atoms with Crippen molar-refractivity contribution in [2.45, 2.75) is 6.42 Å². The fourth-order valence-electron chi connectivity index (χ4n) is 1.93. The van der Waals surface area contributed by atoms with E-state index in [1.165, 1.54) is 12.1 Å². The van der Waals surface area contributed by atoms with Gasteiger partial charge in [-0.1, -0.05) is 6.07 Å². The lowest BCUT2D eigenvalue weighted by molar-refractivity contribution is 0.617. The van der Waals surface area contributed by atoms with Gasteiger partial charge in [-0.15, -0.1) is 0 Å². The monoisotopic (exact) mass is 289 g/mol. The van der Waals surface area contributed by atoms with Crippen LogP contribution in [-0.2, 0) is 0 Å². The fourth-order valence-corrected chi connectivity index (χ4v) is 2.42. The molecule has 1 aromatic heterocycles. The van der Waals surface area contributed by atoms with Crippen LogP contribution in [0.5, 0.6) is 0 Å². The first-order valence-corrected chi connectivity index (χ1v) is 6.46. The molecule has 0 bridgehead atoms. The van der Waals surface area contributed by atoms with E-state index >= 15 is 0 Å². The molecule has 0 saturated carbocycles.